The molecular formula is C14H17N3O. The Labute approximate surface area is 107 Å². The monoisotopic (exact) mass is 243 g/mol. The molecule has 1 amide bonds. The molecule has 1 aromatic carbocycles. The topological polar surface area (TPSA) is 78.9 Å². The van der Waals surface area contributed by atoms with Crippen LogP contribution in [0.4, 0.5) is 5.69 Å². The first-order valence-electron chi connectivity index (χ1n) is 6.14. The highest BCUT2D eigenvalue weighted by atomic mass is 16.1. The lowest BCUT2D eigenvalue weighted by Gasteiger charge is -2.15. The molecule has 4 heteroatoms. The molecule has 18 heavy (non-hydrogen) atoms. The molecule has 1 aromatic rings. The number of amides is 1. The van der Waals surface area contributed by atoms with Gasteiger partial charge in [-0.1, -0.05) is 0 Å². The number of carbonyl (C=O) groups excluding carboxylic acids is 1. The lowest BCUT2D eigenvalue weighted by Crippen LogP contribution is -2.34. The summed E-state index contributed by atoms with van der Waals surface area (Å²) in [7, 11) is 0. The third-order valence-electron chi connectivity index (χ3n) is 3.45. The first-order chi connectivity index (χ1) is 8.52. The van der Waals surface area contributed by atoms with E-state index >= 15 is 0 Å². The van der Waals surface area contributed by atoms with Crippen LogP contribution in [-0.4, -0.2) is 11.9 Å². The van der Waals surface area contributed by atoms with Crippen LogP contribution < -0.4 is 11.1 Å². The van der Waals surface area contributed by atoms with E-state index in [-0.39, 0.29) is 11.9 Å². The molecule has 3 N–H and O–H groups in total. The molecule has 0 heterocycles. The van der Waals surface area contributed by atoms with Crippen LogP contribution in [0.5, 0.6) is 0 Å². The van der Waals surface area contributed by atoms with E-state index in [1.807, 2.05) is 13.0 Å². The van der Waals surface area contributed by atoms with Crippen molar-refractivity contribution < 1.29 is 4.79 Å². The van der Waals surface area contributed by atoms with Gasteiger partial charge in [0.2, 0.25) is 0 Å². The maximum absolute atomic E-state index is 12.1. The average Bonchev–Trinajstić information content (AvgIpc) is 3.16. The number of aryl methyl sites for hydroxylation is 1. The number of nitrogens with one attached hydrogen (secondary N) is 1. The van der Waals surface area contributed by atoms with Gasteiger partial charge in [-0.2, -0.15) is 5.26 Å². The minimum atomic E-state index is -0.188. The van der Waals surface area contributed by atoms with Crippen LogP contribution in [-0.2, 0) is 0 Å². The molecule has 0 bridgehead atoms. The Morgan fingerprint density at radius 3 is 2.78 bits per heavy atom. The maximum atomic E-state index is 12.1. The van der Waals surface area contributed by atoms with Gasteiger partial charge in [0.1, 0.15) is 0 Å². The number of nitriles is 1. The molecule has 1 aliphatic carbocycles. The Kier molecular flexibility index (Phi) is 3.24. The van der Waals surface area contributed by atoms with Crippen molar-refractivity contribution in [1.82, 2.24) is 5.32 Å². The average molecular weight is 243 g/mol. The molecule has 2 rings (SSSR count). The van der Waals surface area contributed by atoms with Crippen LogP contribution >= 0.6 is 0 Å². The molecule has 0 spiro atoms. The molecule has 0 saturated heterocycles. The number of nitrogens with two attached hydrogens (primary N) is 1. The molecule has 4 nitrogen and oxygen atoms in total. The summed E-state index contributed by atoms with van der Waals surface area (Å²) in [5.74, 6) is 0.405. The first-order valence-corrected chi connectivity index (χ1v) is 6.14. The van der Waals surface area contributed by atoms with E-state index in [4.69, 9.17) is 11.0 Å². The largest absolute Gasteiger partial charge is 0.398 e. The van der Waals surface area contributed by atoms with Gasteiger partial charge in [0.05, 0.1) is 17.2 Å². The van der Waals surface area contributed by atoms with Gasteiger partial charge in [0, 0.05) is 11.7 Å². The van der Waals surface area contributed by atoms with E-state index in [0.29, 0.717) is 22.7 Å². The summed E-state index contributed by atoms with van der Waals surface area (Å²) in [5.41, 5.74) is 7.99. The normalized spacial score (nSPS) is 15.8. The number of anilines is 1. The highest BCUT2D eigenvalue weighted by molar-refractivity contribution is 6.00. The van der Waals surface area contributed by atoms with Crippen molar-refractivity contribution in [3.63, 3.8) is 0 Å². The number of nitrogen functional groups attached to an aromatic ring is 1. The number of benzene rings is 1. The zero-order valence-corrected chi connectivity index (χ0v) is 10.7. The second-order valence-corrected chi connectivity index (χ2v) is 4.97. The Hall–Kier alpha value is -2.02. The van der Waals surface area contributed by atoms with Crippen molar-refractivity contribution in [3.8, 4) is 6.07 Å². The summed E-state index contributed by atoms with van der Waals surface area (Å²) in [6, 6.07) is 5.46. The number of hydrogen-bond donors (Lipinski definition) is 2. The predicted octanol–water partition coefficient (Wildman–Crippen LogP) is 1.98. The van der Waals surface area contributed by atoms with E-state index in [9.17, 15) is 4.79 Å². The minimum Gasteiger partial charge on any atom is -0.398 e. The van der Waals surface area contributed by atoms with Gasteiger partial charge in [-0.25, -0.2) is 0 Å². The lowest BCUT2D eigenvalue weighted by molar-refractivity contribution is 0.0936. The Balaban J connectivity index is 2.23. The quantitative estimate of drug-likeness (QED) is 0.797. The molecule has 1 fully saturated rings. The van der Waals surface area contributed by atoms with Gasteiger partial charge in [-0.3, -0.25) is 4.79 Å². The smallest absolute Gasteiger partial charge is 0.253 e. The van der Waals surface area contributed by atoms with E-state index in [1.165, 1.54) is 12.8 Å². The molecule has 0 aliphatic heterocycles. The van der Waals surface area contributed by atoms with Crippen molar-refractivity contribution in [1.29, 1.82) is 5.26 Å². The van der Waals surface area contributed by atoms with E-state index in [2.05, 4.69) is 5.32 Å². The Morgan fingerprint density at radius 1 is 1.56 bits per heavy atom. The molecular weight excluding hydrogens is 226 g/mol. The SMILES string of the molecule is Cc1cc(C#N)cc(C(=O)N[C@@H](C)C2CC2)c1N. The van der Waals surface area contributed by atoms with Gasteiger partial charge in [0.25, 0.3) is 5.91 Å². The molecule has 1 saturated carbocycles. The Bertz CT molecular complexity index is 527. The number of carbonyl (C=O) groups is 1. The molecule has 1 atom stereocenters. The van der Waals surface area contributed by atoms with Crippen molar-refractivity contribution in [2.24, 2.45) is 5.92 Å². The summed E-state index contributed by atoms with van der Waals surface area (Å²) in [6.45, 7) is 3.81. The molecule has 0 radical (unpaired) electrons. The van der Waals surface area contributed by atoms with Crippen molar-refractivity contribution >= 4 is 11.6 Å². The van der Waals surface area contributed by atoms with Crippen LogP contribution in [0, 0.1) is 24.2 Å². The zero-order valence-electron chi connectivity index (χ0n) is 10.7. The number of hydrogen-bond acceptors (Lipinski definition) is 3. The second kappa shape index (κ2) is 4.69. The fourth-order valence-corrected chi connectivity index (χ4v) is 2.05. The van der Waals surface area contributed by atoms with Gasteiger partial charge >= 0.3 is 0 Å². The summed E-state index contributed by atoms with van der Waals surface area (Å²) in [6.07, 6.45) is 2.35. The van der Waals surface area contributed by atoms with Gasteiger partial charge in [0.15, 0.2) is 0 Å². The second-order valence-electron chi connectivity index (χ2n) is 4.97. The fraction of sp³-hybridized carbons (Fsp3) is 0.429. The predicted molar refractivity (Wildman–Crippen MR) is 70.0 cm³/mol. The number of nitrogens with zero attached hydrogens (tertiary/aromatic N) is 1. The van der Waals surface area contributed by atoms with Gasteiger partial charge in [-0.05, 0) is 50.3 Å². The van der Waals surface area contributed by atoms with Gasteiger partial charge in [-0.15, -0.1) is 0 Å². The molecule has 94 valence electrons. The fourth-order valence-electron chi connectivity index (χ4n) is 2.05. The molecule has 0 unspecified atom stereocenters. The van der Waals surface area contributed by atoms with E-state index in [1.54, 1.807) is 19.1 Å². The minimum absolute atomic E-state index is 0.169. The van der Waals surface area contributed by atoms with Crippen molar-refractivity contribution in [2.75, 3.05) is 5.73 Å². The third-order valence-corrected chi connectivity index (χ3v) is 3.45. The standard InChI is InChI=1S/C14H17N3O/c1-8-5-10(7-15)6-12(13(8)16)14(18)17-9(2)11-3-4-11/h5-6,9,11H,3-4,16H2,1-2H3,(H,17,18)/t9-/m0/s1. The third kappa shape index (κ3) is 2.45. The van der Waals surface area contributed by atoms with Crippen LogP contribution in [0.3, 0.4) is 0 Å². The molecule has 0 aromatic heterocycles. The van der Waals surface area contributed by atoms with E-state index in [0.717, 1.165) is 5.56 Å². The van der Waals surface area contributed by atoms with Gasteiger partial charge < -0.3 is 11.1 Å². The highest BCUT2D eigenvalue weighted by Gasteiger charge is 2.29. The lowest BCUT2D eigenvalue weighted by atomic mass is 10.0. The Morgan fingerprint density at radius 2 is 2.22 bits per heavy atom. The van der Waals surface area contributed by atoms with E-state index < -0.39 is 0 Å². The summed E-state index contributed by atoms with van der Waals surface area (Å²) in [5, 5.41) is 11.9. The number of rotatable bonds is 3. The van der Waals surface area contributed by atoms with Crippen LogP contribution in [0.2, 0.25) is 0 Å². The summed E-state index contributed by atoms with van der Waals surface area (Å²) < 4.78 is 0. The van der Waals surface area contributed by atoms with Crippen LogP contribution in [0.25, 0.3) is 0 Å². The summed E-state index contributed by atoms with van der Waals surface area (Å²) in [4.78, 5) is 12.1. The summed E-state index contributed by atoms with van der Waals surface area (Å²) >= 11 is 0. The maximum Gasteiger partial charge on any atom is 0.253 e. The zero-order chi connectivity index (χ0) is 13.3. The van der Waals surface area contributed by atoms with Crippen LogP contribution in [0.1, 0.15) is 41.3 Å². The highest BCUT2D eigenvalue weighted by Crippen LogP contribution is 2.32. The molecule has 1 aliphatic rings. The van der Waals surface area contributed by atoms with Crippen molar-refractivity contribution in [3.05, 3.63) is 28.8 Å². The van der Waals surface area contributed by atoms with Crippen LogP contribution in [0.15, 0.2) is 12.1 Å². The van der Waals surface area contributed by atoms with Crippen molar-refractivity contribution in [2.45, 2.75) is 32.7 Å². The first kappa shape index (κ1) is 12.4.